The van der Waals surface area contributed by atoms with E-state index in [0.29, 0.717) is 34.1 Å². The molecule has 1 heterocycles. The topological polar surface area (TPSA) is 106 Å². The van der Waals surface area contributed by atoms with Crippen molar-refractivity contribution in [3.8, 4) is 50.3 Å². The van der Waals surface area contributed by atoms with Crippen LogP contribution in [0, 0.1) is 0 Å². The first-order valence-electron chi connectivity index (χ1n) is 9.47. The molecule has 9 nitrogen and oxygen atoms in total. The van der Waals surface area contributed by atoms with Gasteiger partial charge in [-0.05, 0) is 42.7 Å². The Bertz CT molecular complexity index is 1110. The van der Waals surface area contributed by atoms with E-state index >= 15 is 0 Å². The Morgan fingerprint density at radius 2 is 1.62 bits per heavy atom. The van der Waals surface area contributed by atoms with Crippen molar-refractivity contribution in [2.24, 2.45) is 0 Å². The van der Waals surface area contributed by atoms with Crippen LogP contribution in [-0.2, 0) is 9.09 Å². The van der Waals surface area contributed by atoms with Crippen molar-refractivity contribution in [3.05, 3.63) is 36.5 Å². The third kappa shape index (κ3) is 4.99. The number of phosphoric acid groups is 1. The van der Waals surface area contributed by atoms with E-state index < -0.39 is 7.82 Å². The minimum Gasteiger partial charge on any atom is -0.497 e. The molecule has 1 atom stereocenters. The molecular formula is C21H24NO8PS. The normalized spacial score (nSPS) is 12.7. The van der Waals surface area contributed by atoms with Gasteiger partial charge in [-0.25, -0.2) is 4.57 Å². The lowest BCUT2D eigenvalue weighted by Gasteiger charge is -2.17. The Morgan fingerprint density at radius 1 is 0.938 bits per heavy atom. The van der Waals surface area contributed by atoms with E-state index in [4.69, 9.17) is 28.0 Å². The Labute approximate surface area is 190 Å². The summed E-state index contributed by atoms with van der Waals surface area (Å²) in [6, 6.07) is 8.58. The summed E-state index contributed by atoms with van der Waals surface area (Å²) >= 11 is 1.24. The van der Waals surface area contributed by atoms with E-state index in [1.165, 1.54) is 46.0 Å². The van der Waals surface area contributed by atoms with Crippen LogP contribution in [0.3, 0.4) is 0 Å². The first kappa shape index (κ1) is 23.9. The molecular weight excluding hydrogens is 457 g/mol. The van der Waals surface area contributed by atoms with Crippen molar-refractivity contribution >= 4 is 19.4 Å². The van der Waals surface area contributed by atoms with Crippen LogP contribution in [0.15, 0.2) is 36.5 Å². The van der Waals surface area contributed by atoms with E-state index in [1.807, 2.05) is 0 Å². The molecule has 3 aromatic rings. The number of phosphoric ester groups is 1. The maximum Gasteiger partial charge on any atom is 0.527 e. The van der Waals surface area contributed by atoms with E-state index in [-0.39, 0.29) is 12.4 Å². The maximum absolute atomic E-state index is 12.3. The molecule has 0 bridgehead atoms. The standard InChI is InChI=1S/C21H24NO8PS/c1-6-29-31(23,24)30-17-11-14(25-2)7-8-15(17)16-12-22-32-21(16)13-9-18(26-3)20(28-5)19(10-13)27-4/h7-12H,6H2,1-5H3,(H,23,24). The van der Waals surface area contributed by atoms with Crippen LogP contribution in [0.5, 0.6) is 28.7 Å². The van der Waals surface area contributed by atoms with Gasteiger partial charge in [0.2, 0.25) is 5.75 Å². The second-order valence-electron chi connectivity index (χ2n) is 6.32. The lowest BCUT2D eigenvalue weighted by molar-refractivity contribution is 0.213. The molecule has 0 aliphatic heterocycles. The van der Waals surface area contributed by atoms with E-state index in [9.17, 15) is 9.46 Å². The van der Waals surface area contributed by atoms with E-state index in [2.05, 4.69) is 4.37 Å². The molecule has 0 aliphatic rings. The molecule has 0 aliphatic carbocycles. The van der Waals surface area contributed by atoms with Gasteiger partial charge < -0.3 is 23.5 Å². The fourth-order valence-electron chi connectivity index (χ4n) is 3.09. The first-order valence-corrected chi connectivity index (χ1v) is 11.7. The predicted octanol–water partition coefficient (Wildman–Crippen LogP) is 5.03. The molecule has 172 valence electrons. The number of rotatable bonds is 10. The molecule has 0 amide bonds. The lowest BCUT2D eigenvalue weighted by Crippen LogP contribution is -1.99. The van der Waals surface area contributed by atoms with Crippen molar-refractivity contribution in [1.82, 2.24) is 4.37 Å². The van der Waals surface area contributed by atoms with Crippen molar-refractivity contribution in [1.29, 1.82) is 0 Å². The molecule has 11 heteroatoms. The summed E-state index contributed by atoms with van der Waals surface area (Å²) in [6.07, 6.45) is 1.65. The van der Waals surface area contributed by atoms with Crippen molar-refractivity contribution < 1.29 is 37.5 Å². The number of hydrogen-bond acceptors (Lipinski definition) is 9. The second-order valence-corrected chi connectivity index (χ2v) is 8.50. The molecule has 1 unspecified atom stereocenters. The molecule has 0 radical (unpaired) electrons. The number of methoxy groups -OCH3 is 4. The predicted molar refractivity (Wildman–Crippen MR) is 121 cm³/mol. The zero-order valence-corrected chi connectivity index (χ0v) is 20.0. The van der Waals surface area contributed by atoms with Crippen LogP contribution in [0.1, 0.15) is 6.92 Å². The summed E-state index contributed by atoms with van der Waals surface area (Å²) in [7, 11) is 1.78. The van der Waals surface area contributed by atoms with Gasteiger partial charge in [0.05, 0.1) is 39.9 Å². The van der Waals surface area contributed by atoms with E-state index in [0.717, 1.165) is 10.4 Å². The van der Waals surface area contributed by atoms with Gasteiger partial charge in [0.25, 0.3) is 0 Å². The largest absolute Gasteiger partial charge is 0.527 e. The average Bonchev–Trinajstić information content (AvgIpc) is 3.27. The number of benzene rings is 2. The van der Waals surface area contributed by atoms with Gasteiger partial charge >= 0.3 is 7.82 Å². The van der Waals surface area contributed by atoms with Crippen LogP contribution in [0.2, 0.25) is 0 Å². The van der Waals surface area contributed by atoms with E-state index in [1.54, 1.807) is 37.4 Å². The Kier molecular flexibility index (Phi) is 7.63. The molecule has 0 spiro atoms. The minimum atomic E-state index is -4.33. The van der Waals surface area contributed by atoms with Gasteiger partial charge in [-0.3, -0.25) is 9.42 Å². The van der Waals surface area contributed by atoms with Gasteiger partial charge in [0, 0.05) is 29.0 Å². The zero-order chi connectivity index (χ0) is 23.3. The smallest absolute Gasteiger partial charge is 0.497 e. The monoisotopic (exact) mass is 481 g/mol. The molecule has 2 aromatic carbocycles. The van der Waals surface area contributed by atoms with Crippen molar-refractivity contribution in [2.45, 2.75) is 6.92 Å². The molecule has 0 saturated heterocycles. The van der Waals surface area contributed by atoms with Crippen LogP contribution in [0.25, 0.3) is 21.6 Å². The number of hydrogen-bond donors (Lipinski definition) is 1. The highest BCUT2D eigenvalue weighted by Gasteiger charge is 2.26. The summed E-state index contributed by atoms with van der Waals surface area (Å²) in [5, 5.41) is 0. The number of ether oxygens (including phenoxy) is 4. The Hall–Kier alpha value is -2.78. The quantitative estimate of drug-likeness (QED) is 0.399. The van der Waals surface area contributed by atoms with Gasteiger partial charge in [-0.1, -0.05) is 0 Å². The van der Waals surface area contributed by atoms with Crippen LogP contribution < -0.4 is 23.5 Å². The molecule has 3 rings (SSSR count). The maximum atomic E-state index is 12.3. The number of nitrogens with zero attached hydrogens (tertiary/aromatic N) is 1. The molecule has 0 fully saturated rings. The summed E-state index contributed by atoms with van der Waals surface area (Å²) < 4.78 is 48.4. The third-order valence-electron chi connectivity index (χ3n) is 4.48. The van der Waals surface area contributed by atoms with Gasteiger partial charge in [0.15, 0.2) is 11.5 Å². The molecule has 1 N–H and O–H groups in total. The van der Waals surface area contributed by atoms with Crippen LogP contribution in [-0.4, -0.2) is 44.3 Å². The second kappa shape index (κ2) is 10.2. The van der Waals surface area contributed by atoms with Crippen molar-refractivity contribution in [2.75, 3.05) is 35.0 Å². The summed E-state index contributed by atoms with van der Waals surface area (Å²) in [5.74, 6) is 2.03. The summed E-state index contributed by atoms with van der Waals surface area (Å²) in [4.78, 5) is 10.8. The lowest BCUT2D eigenvalue weighted by atomic mass is 10.0. The molecule has 0 saturated carbocycles. The summed E-state index contributed by atoms with van der Waals surface area (Å²) in [5.41, 5.74) is 1.98. The highest BCUT2D eigenvalue weighted by Crippen LogP contribution is 2.50. The Balaban J connectivity index is 2.16. The van der Waals surface area contributed by atoms with Crippen molar-refractivity contribution in [3.63, 3.8) is 0 Å². The SMILES string of the molecule is CCOP(=O)(O)Oc1cc(OC)ccc1-c1cnsc1-c1cc(OC)c(OC)c(OC)c1. The Morgan fingerprint density at radius 3 is 2.19 bits per heavy atom. The first-order chi connectivity index (χ1) is 15.4. The highest BCUT2D eigenvalue weighted by molar-refractivity contribution is 7.47. The van der Waals surface area contributed by atoms with Crippen LogP contribution >= 0.6 is 19.4 Å². The number of aromatic nitrogens is 1. The molecule has 1 aromatic heterocycles. The van der Waals surface area contributed by atoms with Gasteiger partial charge in [-0.2, -0.15) is 4.37 Å². The van der Waals surface area contributed by atoms with Gasteiger partial charge in [-0.15, -0.1) is 0 Å². The molecule has 32 heavy (non-hydrogen) atoms. The highest BCUT2D eigenvalue weighted by atomic mass is 32.1. The fourth-order valence-corrected chi connectivity index (χ4v) is 4.62. The van der Waals surface area contributed by atoms with Crippen LogP contribution in [0.4, 0.5) is 0 Å². The average molecular weight is 481 g/mol. The fraction of sp³-hybridized carbons (Fsp3) is 0.286. The summed E-state index contributed by atoms with van der Waals surface area (Å²) in [6.45, 7) is 1.62. The minimum absolute atomic E-state index is 0.0176. The zero-order valence-electron chi connectivity index (χ0n) is 18.3. The van der Waals surface area contributed by atoms with Gasteiger partial charge in [0.1, 0.15) is 11.5 Å². The third-order valence-corrected chi connectivity index (χ3v) is 6.34.